The van der Waals surface area contributed by atoms with Crippen LogP contribution in [-0.4, -0.2) is 47.1 Å². The van der Waals surface area contributed by atoms with Crippen LogP contribution in [0, 0.1) is 11.3 Å². The average molecular weight is 571 g/mol. The van der Waals surface area contributed by atoms with Crippen LogP contribution in [-0.2, 0) is 9.53 Å². The van der Waals surface area contributed by atoms with E-state index < -0.39 is 5.97 Å². The maximum Gasteiger partial charge on any atom is 0.305 e. The number of aliphatic imine (C=N–C) groups is 1. The summed E-state index contributed by atoms with van der Waals surface area (Å²) >= 11 is 3.60. The number of nitrogens with zero attached hydrogens (tertiary/aromatic N) is 2. The lowest BCUT2D eigenvalue weighted by molar-refractivity contribution is -0.136. The summed E-state index contributed by atoms with van der Waals surface area (Å²) in [4.78, 5) is 30.4. The number of nitrogens with one attached hydrogen (secondary N) is 1. The second-order valence-electron chi connectivity index (χ2n) is 11.0. The third-order valence-electron chi connectivity index (χ3n) is 7.49. The van der Waals surface area contributed by atoms with Crippen LogP contribution in [0.15, 0.2) is 58.0 Å². The lowest BCUT2D eigenvalue weighted by Gasteiger charge is -2.41. The number of ether oxygens (including phenoxy) is 1. The molecule has 1 atom stereocenters. The molecule has 2 N–H and O–H groups in total. The molecule has 198 valence electrons. The van der Waals surface area contributed by atoms with Gasteiger partial charge in [0, 0.05) is 22.6 Å². The first-order valence-electron chi connectivity index (χ1n) is 13.0. The van der Waals surface area contributed by atoms with E-state index in [9.17, 15) is 9.59 Å². The predicted octanol–water partition coefficient (Wildman–Crippen LogP) is 6.32. The Morgan fingerprint density at radius 2 is 1.76 bits per heavy atom. The number of para-hydroxylation sites is 1. The molecule has 4 rings (SSSR count). The van der Waals surface area contributed by atoms with Crippen LogP contribution < -0.4 is 5.32 Å². The van der Waals surface area contributed by atoms with E-state index >= 15 is 0 Å². The van der Waals surface area contributed by atoms with Gasteiger partial charge in [-0.15, -0.1) is 0 Å². The molecular weight excluding hydrogens is 534 g/mol. The van der Waals surface area contributed by atoms with Crippen molar-refractivity contribution in [3.05, 3.63) is 64.1 Å². The van der Waals surface area contributed by atoms with E-state index in [2.05, 4.69) is 46.9 Å². The van der Waals surface area contributed by atoms with Gasteiger partial charge in [-0.3, -0.25) is 9.59 Å². The van der Waals surface area contributed by atoms with E-state index in [-0.39, 0.29) is 24.9 Å². The summed E-state index contributed by atoms with van der Waals surface area (Å²) < 4.78 is 7.13. The van der Waals surface area contributed by atoms with Crippen molar-refractivity contribution in [2.75, 3.05) is 13.2 Å². The molecule has 7 nitrogen and oxygen atoms in total. The largest absolute Gasteiger partial charge is 0.481 e. The Morgan fingerprint density at radius 3 is 2.38 bits per heavy atom. The molecule has 1 aliphatic carbocycles. The second-order valence-corrected chi connectivity index (χ2v) is 11.8. The molecule has 0 aromatic heterocycles. The molecule has 1 saturated heterocycles. The number of aliphatic carboxylic acids is 1. The van der Waals surface area contributed by atoms with Crippen LogP contribution in [0.2, 0.25) is 0 Å². The molecule has 2 aliphatic rings. The fourth-order valence-electron chi connectivity index (χ4n) is 5.31. The highest BCUT2D eigenvalue weighted by molar-refractivity contribution is 9.10. The van der Waals surface area contributed by atoms with E-state index in [4.69, 9.17) is 14.8 Å². The summed E-state index contributed by atoms with van der Waals surface area (Å²) in [5.41, 5.74) is 2.71. The van der Waals surface area contributed by atoms with Crippen molar-refractivity contribution in [1.82, 2.24) is 10.2 Å². The van der Waals surface area contributed by atoms with Crippen LogP contribution >= 0.6 is 15.9 Å². The Labute approximate surface area is 227 Å². The zero-order valence-electron chi connectivity index (χ0n) is 21.7. The quantitative estimate of drug-likeness (QED) is 0.407. The van der Waals surface area contributed by atoms with E-state index in [0.29, 0.717) is 35.6 Å². The van der Waals surface area contributed by atoms with Crippen LogP contribution in [0.5, 0.6) is 0 Å². The van der Waals surface area contributed by atoms with Gasteiger partial charge in [-0.25, -0.2) is 0 Å². The first kappa shape index (κ1) is 27.2. The monoisotopic (exact) mass is 569 g/mol. The molecule has 1 heterocycles. The van der Waals surface area contributed by atoms with Crippen LogP contribution in [0.1, 0.15) is 74.8 Å². The van der Waals surface area contributed by atoms with Gasteiger partial charge in [0.25, 0.3) is 11.9 Å². The second kappa shape index (κ2) is 11.7. The number of halogens is 1. The third-order valence-corrected chi connectivity index (χ3v) is 8.16. The Kier molecular flexibility index (Phi) is 8.57. The van der Waals surface area contributed by atoms with E-state index in [1.807, 2.05) is 36.4 Å². The molecule has 0 spiro atoms. The highest BCUT2D eigenvalue weighted by atomic mass is 79.9. The lowest BCUT2D eigenvalue weighted by atomic mass is 9.71. The fourth-order valence-corrected chi connectivity index (χ4v) is 5.68. The Morgan fingerprint density at radius 1 is 1.08 bits per heavy atom. The number of carboxylic acids is 1. The van der Waals surface area contributed by atoms with E-state index in [1.54, 1.807) is 12.1 Å². The van der Waals surface area contributed by atoms with Crippen LogP contribution in [0.4, 0.5) is 5.69 Å². The van der Waals surface area contributed by atoms with E-state index in [1.165, 1.54) is 12.8 Å². The maximum absolute atomic E-state index is 12.4. The standard InChI is InChI=1S/C29H36BrN3O4/c1-29(2,3)21-12-14-22(15-13-21)33-25(18-37-28(33)32-24-7-5-4-6-23(24)30)19-8-10-20(11-9-19)27(36)31-17-16-26(34)35/h4-11,21-22,25H,12-18H2,1-3H3,(H,31,36)(H,34,35)/b32-28-. The minimum Gasteiger partial charge on any atom is -0.481 e. The molecule has 1 unspecified atom stereocenters. The minimum atomic E-state index is -0.937. The van der Waals surface area contributed by atoms with Gasteiger partial charge >= 0.3 is 5.97 Å². The molecule has 37 heavy (non-hydrogen) atoms. The molecule has 2 aromatic carbocycles. The molecule has 0 radical (unpaired) electrons. The molecule has 0 bridgehead atoms. The summed E-state index contributed by atoms with van der Waals surface area (Å²) in [6.07, 6.45) is 4.42. The summed E-state index contributed by atoms with van der Waals surface area (Å²) in [5.74, 6) is -0.509. The number of rotatable bonds is 7. The van der Waals surface area contributed by atoms with Gasteiger partial charge < -0.3 is 20.1 Å². The molecule has 1 saturated carbocycles. The predicted molar refractivity (Wildman–Crippen MR) is 148 cm³/mol. The first-order chi connectivity index (χ1) is 17.6. The van der Waals surface area contributed by atoms with Crippen LogP contribution in [0.3, 0.4) is 0 Å². The van der Waals surface area contributed by atoms with Crippen molar-refractivity contribution < 1.29 is 19.4 Å². The summed E-state index contributed by atoms with van der Waals surface area (Å²) in [7, 11) is 0. The van der Waals surface area contributed by atoms with Crippen molar-refractivity contribution >= 4 is 39.5 Å². The van der Waals surface area contributed by atoms with Crippen molar-refractivity contribution in [1.29, 1.82) is 0 Å². The number of benzene rings is 2. The zero-order chi connectivity index (χ0) is 26.6. The Bertz CT molecular complexity index is 1130. The maximum atomic E-state index is 12.4. The highest BCUT2D eigenvalue weighted by Gasteiger charge is 2.40. The first-order valence-corrected chi connectivity index (χ1v) is 13.8. The number of amidine groups is 1. The molecule has 1 amide bonds. The number of hydrogen-bond acceptors (Lipinski definition) is 4. The fraction of sp³-hybridized carbons (Fsp3) is 0.483. The van der Waals surface area contributed by atoms with Crippen molar-refractivity contribution in [3.8, 4) is 0 Å². The summed E-state index contributed by atoms with van der Waals surface area (Å²) in [6, 6.07) is 16.4. The SMILES string of the molecule is CC(C)(C)C1CCC(N2/C(=N/c3ccccc3Br)OCC2c2ccc(C(=O)NCCC(=O)O)cc2)CC1. The topological polar surface area (TPSA) is 91.2 Å². The van der Waals surface area contributed by atoms with Gasteiger partial charge in [-0.1, -0.05) is 45.0 Å². The molecular formula is C29H36BrN3O4. The van der Waals surface area contributed by atoms with Gasteiger partial charge in [0.15, 0.2) is 0 Å². The third kappa shape index (κ3) is 6.72. The van der Waals surface area contributed by atoms with Gasteiger partial charge in [-0.05, 0) is 82.8 Å². The van der Waals surface area contributed by atoms with Gasteiger partial charge in [-0.2, -0.15) is 4.99 Å². The number of carbonyl (C=O) groups excluding carboxylic acids is 1. The Balaban J connectivity index is 1.56. The normalized spacial score (nSPS) is 23.1. The van der Waals surface area contributed by atoms with Crippen molar-refractivity contribution in [3.63, 3.8) is 0 Å². The number of carboxylic acid groups (broad SMARTS) is 1. The minimum absolute atomic E-state index is 0.00143. The van der Waals surface area contributed by atoms with Crippen LogP contribution in [0.25, 0.3) is 0 Å². The Hall–Kier alpha value is -2.87. The number of carbonyl (C=O) groups is 2. The van der Waals surface area contributed by atoms with Gasteiger partial charge in [0.2, 0.25) is 0 Å². The number of hydrogen-bond donors (Lipinski definition) is 2. The van der Waals surface area contributed by atoms with Gasteiger partial charge in [0.05, 0.1) is 18.2 Å². The smallest absolute Gasteiger partial charge is 0.305 e. The van der Waals surface area contributed by atoms with Crippen molar-refractivity contribution in [2.45, 2.75) is 65.0 Å². The highest BCUT2D eigenvalue weighted by Crippen LogP contribution is 2.42. The van der Waals surface area contributed by atoms with Gasteiger partial charge in [0.1, 0.15) is 6.61 Å². The molecule has 1 aliphatic heterocycles. The molecule has 2 fully saturated rings. The lowest BCUT2D eigenvalue weighted by Crippen LogP contribution is -2.42. The van der Waals surface area contributed by atoms with E-state index in [0.717, 1.165) is 28.6 Å². The average Bonchev–Trinajstić information content (AvgIpc) is 3.28. The van der Waals surface area contributed by atoms with Crippen molar-refractivity contribution in [2.24, 2.45) is 16.3 Å². The molecule has 8 heteroatoms. The summed E-state index contributed by atoms with van der Waals surface area (Å²) in [6.45, 7) is 7.59. The zero-order valence-corrected chi connectivity index (χ0v) is 23.3. The molecule has 2 aromatic rings. The number of amides is 1. The summed E-state index contributed by atoms with van der Waals surface area (Å²) in [5, 5.41) is 11.4.